The molecular weight excluding hydrogens is 238 g/mol. The van der Waals surface area contributed by atoms with Gasteiger partial charge in [0, 0.05) is 0 Å². The fourth-order valence-electron chi connectivity index (χ4n) is 0.970. The van der Waals surface area contributed by atoms with Crippen molar-refractivity contribution in [2.45, 2.75) is 0 Å². The first-order chi connectivity index (χ1) is 7.51. The number of allylic oxidation sites excluding steroid dienone is 1. The molecule has 1 aromatic carbocycles. The standard InChI is InChI=1S/C10H3ClF2N2O/c11-7-2-8(12)6(1-9(7)13)10(16)5(3-14)4-15/h1-2,16H. The van der Waals surface area contributed by atoms with Crippen molar-refractivity contribution in [2.24, 2.45) is 0 Å². The number of benzene rings is 1. The minimum absolute atomic E-state index is 0.454. The molecular formula is C10H3ClF2N2O. The Bertz CT molecular complexity index is 539. The lowest BCUT2D eigenvalue weighted by Crippen LogP contribution is -1.94. The SMILES string of the molecule is N#CC(C#N)=C(O)c1cc(F)c(Cl)cc1F. The van der Waals surface area contributed by atoms with E-state index in [2.05, 4.69) is 0 Å². The zero-order chi connectivity index (χ0) is 12.3. The molecule has 0 unspecified atom stereocenters. The maximum Gasteiger partial charge on any atom is 0.171 e. The fraction of sp³-hybridized carbons (Fsp3) is 0. The van der Waals surface area contributed by atoms with Gasteiger partial charge in [0.15, 0.2) is 11.3 Å². The van der Waals surface area contributed by atoms with Crippen LogP contribution in [-0.4, -0.2) is 5.11 Å². The molecule has 0 bridgehead atoms. The minimum Gasteiger partial charge on any atom is -0.505 e. The van der Waals surface area contributed by atoms with Crippen molar-refractivity contribution < 1.29 is 13.9 Å². The first-order valence-corrected chi connectivity index (χ1v) is 4.27. The van der Waals surface area contributed by atoms with Crippen LogP contribution in [0.15, 0.2) is 17.7 Å². The maximum absolute atomic E-state index is 13.2. The summed E-state index contributed by atoms with van der Waals surface area (Å²) in [6.07, 6.45) is 0. The highest BCUT2D eigenvalue weighted by Gasteiger charge is 2.15. The average Bonchev–Trinajstić information content (AvgIpc) is 2.25. The second-order valence-electron chi connectivity index (χ2n) is 2.69. The third-order valence-corrected chi connectivity index (χ3v) is 2.02. The van der Waals surface area contributed by atoms with Crippen LogP contribution in [0.3, 0.4) is 0 Å². The summed E-state index contributed by atoms with van der Waals surface area (Å²) in [6, 6.07) is 3.98. The Morgan fingerprint density at radius 1 is 1.19 bits per heavy atom. The molecule has 0 amide bonds. The molecule has 6 heteroatoms. The molecule has 0 saturated carbocycles. The third-order valence-electron chi connectivity index (χ3n) is 1.73. The number of nitrogens with zero attached hydrogens (tertiary/aromatic N) is 2. The summed E-state index contributed by atoms with van der Waals surface area (Å²) in [5, 5.41) is 25.8. The lowest BCUT2D eigenvalue weighted by Gasteiger charge is -2.03. The van der Waals surface area contributed by atoms with Crippen molar-refractivity contribution in [1.82, 2.24) is 0 Å². The van der Waals surface area contributed by atoms with Crippen LogP contribution in [0, 0.1) is 34.3 Å². The van der Waals surface area contributed by atoms with Crippen LogP contribution in [-0.2, 0) is 0 Å². The molecule has 0 radical (unpaired) electrons. The van der Waals surface area contributed by atoms with Crippen LogP contribution in [0.1, 0.15) is 5.56 Å². The van der Waals surface area contributed by atoms with E-state index < -0.39 is 33.6 Å². The van der Waals surface area contributed by atoms with Crippen LogP contribution >= 0.6 is 11.6 Å². The lowest BCUT2D eigenvalue weighted by atomic mass is 10.1. The van der Waals surface area contributed by atoms with Crippen LogP contribution in [0.25, 0.3) is 5.76 Å². The van der Waals surface area contributed by atoms with Gasteiger partial charge in [-0.3, -0.25) is 0 Å². The van der Waals surface area contributed by atoms with Crippen molar-refractivity contribution in [3.63, 3.8) is 0 Å². The number of hydrogen-bond donors (Lipinski definition) is 1. The molecule has 0 atom stereocenters. The van der Waals surface area contributed by atoms with Crippen LogP contribution in [0.2, 0.25) is 5.02 Å². The van der Waals surface area contributed by atoms with E-state index in [1.165, 1.54) is 12.1 Å². The first kappa shape index (κ1) is 12.0. The van der Waals surface area contributed by atoms with Crippen LogP contribution < -0.4 is 0 Å². The van der Waals surface area contributed by atoms with Crippen molar-refractivity contribution in [3.8, 4) is 12.1 Å². The quantitative estimate of drug-likeness (QED) is 0.466. The summed E-state index contributed by atoms with van der Waals surface area (Å²) < 4.78 is 26.2. The number of aliphatic hydroxyl groups excluding tert-OH is 1. The number of halogens is 3. The molecule has 0 aromatic heterocycles. The Balaban J connectivity index is 3.48. The molecule has 80 valence electrons. The Labute approximate surface area is 94.4 Å². The topological polar surface area (TPSA) is 67.8 Å². The lowest BCUT2D eigenvalue weighted by molar-refractivity contribution is 0.498. The highest BCUT2D eigenvalue weighted by atomic mass is 35.5. The highest BCUT2D eigenvalue weighted by Crippen LogP contribution is 2.24. The average molecular weight is 241 g/mol. The zero-order valence-corrected chi connectivity index (χ0v) is 8.39. The molecule has 0 heterocycles. The van der Waals surface area contributed by atoms with Gasteiger partial charge in [0.25, 0.3) is 0 Å². The van der Waals surface area contributed by atoms with E-state index in [-0.39, 0.29) is 0 Å². The molecule has 1 aromatic rings. The minimum atomic E-state index is -1.02. The van der Waals surface area contributed by atoms with Crippen molar-refractivity contribution >= 4 is 17.4 Å². The molecule has 3 nitrogen and oxygen atoms in total. The van der Waals surface area contributed by atoms with Gasteiger partial charge in [0.1, 0.15) is 23.8 Å². The summed E-state index contributed by atoms with van der Waals surface area (Å²) in [7, 11) is 0. The Morgan fingerprint density at radius 2 is 1.75 bits per heavy atom. The summed E-state index contributed by atoms with van der Waals surface area (Å²) in [5.41, 5.74) is -1.29. The number of rotatable bonds is 1. The van der Waals surface area contributed by atoms with Gasteiger partial charge in [0.2, 0.25) is 0 Å². The fourth-order valence-corrected chi connectivity index (χ4v) is 1.12. The van der Waals surface area contributed by atoms with E-state index in [1.54, 1.807) is 0 Å². The van der Waals surface area contributed by atoms with E-state index >= 15 is 0 Å². The van der Waals surface area contributed by atoms with E-state index in [9.17, 15) is 13.9 Å². The van der Waals surface area contributed by atoms with Crippen LogP contribution in [0.5, 0.6) is 0 Å². The van der Waals surface area contributed by atoms with Gasteiger partial charge >= 0.3 is 0 Å². The maximum atomic E-state index is 13.2. The number of aliphatic hydroxyl groups is 1. The van der Waals surface area contributed by atoms with Crippen LogP contribution in [0.4, 0.5) is 8.78 Å². The van der Waals surface area contributed by atoms with E-state index in [1.807, 2.05) is 0 Å². The molecule has 16 heavy (non-hydrogen) atoms. The number of nitriles is 2. The predicted octanol–water partition coefficient (Wildman–Crippen LogP) is 2.93. The van der Waals surface area contributed by atoms with Gasteiger partial charge in [-0.1, -0.05) is 11.6 Å². The summed E-state index contributed by atoms with van der Waals surface area (Å²) in [6.45, 7) is 0. The molecule has 0 aliphatic carbocycles. The van der Waals surface area contributed by atoms with Crippen molar-refractivity contribution in [3.05, 3.63) is 39.9 Å². The van der Waals surface area contributed by atoms with Gasteiger partial charge in [-0.05, 0) is 12.1 Å². The van der Waals surface area contributed by atoms with Gasteiger partial charge in [-0.15, -0.1) is 0 Å². The Morgan fingerprint density at radius 3 is 2.25 bits per heavy atom. The largest absolute Gasteiger partial charge is 0.505 e. The molecule has 0 spiro atoms. The first-order valence-electron chi connectivity index (χ1n) is 3.89. The molecule has 0 aliphatic rings. The summed E-state index contributed by atoms with van der Waals surface area (Å²) in [4.78, 5) is 0. The van der Waals surface area contributed by atoms with E-state index in [4.69, 9.17) is 22.1 Å². The molecule has 0 saturated heterocycles. The zero-order valence-electron chi connectivity index (χ0n) is 7.63. The number of hydrogen-bond acceptors (Lipinski definition) is 3. The van der Waals surface area contributed by atoms with Gasteiger partial charge in [-0.25, -0.2) is 8.78 Å². The van der Waals surface area contributed by atoms with Gasteiger partial charge < -0.3 is 5.11 Å². The van der Waals surface area contributed by atoms with E-state index in [0.717, 1.165) is 0 Å². The third kappa shape index (κ3) is 2.10. The van der Waals surface area contributed by atoms with E-state index in [0.29, 0.717) is 12.1 Å². The van der Waals surface area contributed by atoms with Gasteiger partial charge in [-0.2, -0.15) is 10.5 Å². The summed E-state index contributed by atoms with van der Waals surface area (Å²) >= 11 is 5.30. The molecule has 0 aliphatic heterocycles. The summed E-state index contributed by atoms with van der Waals surface area (Å²) in [5.74, 6) is -2.90. The second-order valence-corrected chi connectivity index (χ2v) is 3.10. The highest BCUT2D eigenvalue weighted by molar-refractivity contribution is 6.30. The van der Waals surface area contributed by atoms with Gasteiger partial charge in [0.05, 0.1) is 10.6 Å². The second kappa shape index (κ2) is 4.61. The smallest absolute Gasteiger partial charge is 0.171 e. The Kier molecular flexibility index (Phi) is 3.44. The molecule has 0 fully saturated rings. The normalized spacial score (nSPS) is 9.06. The van der Waals surface area contributed by atoms with Crippen molar-refractivity contribution in [1.29, 1.82) is 10.5 Å². The molecule has 1 rings (SSSR count). The monoisotopic (exact) mass is 240 g/mol. The van der Waals surface area contributed by atoms with Crippen molar-refractivity contribution in [2.75, 3.05) is 0 Å². The molecule has 1 N–H and O–H groups in total. The predicted molar refractivity (Wildman–Crippen MR) is 52.1 cm³/mol. The Hall–Kier alpha value is -2.11.